The Morgan fingerprint density at radius 2 is 1.85 bits per heavy atom. The van der Waals surface area contributed by atoms with Crippen molar-refractivity contribution in [2.45, 2.75) is 70.9 Å². The average molecular weight is 279 g/mol. The third-order valence-corrected chi connectivity index (χ3v) is 6.24. The molecular formula is C17H29NO2. The van der Waals surface area contributed by atoms with Crippen molar-refractivity contribution >= 4 is 5.97 Å². The molecule has 0 amide bonds. The first kappa shape index (κ1) is 14.4. The maximum Gasteiger partial charge on any atom is 0.321 e. The van der Waals surface area contributed by atoms with Crippen molar-refractivity contribution in [3.8, 4) is 0 Å². The number of carbonyl (C=O) groups is 1. The van der Waals surface area contributed by atoms with E-state index in [9.17, 15) is 9.90 Å². The molecule has 0 spiro atoms. The number of aliphatic carboxylic acids is 1. The van der Waals surface area contributed by atoms with E-state index in [0.29, 0.717) is 29.7 Å². The minimum Gasteiger partial charge on any atom is -0.480 e. The summed E-state index contributed by atoms with van der Waals surface area (Å²) in [7, 11) is 0. The van der Waals surface area contributed by atoms with E-state index in [0.717, 1.165) is 13.0 Å². The molecule has 1 N–H and O–H groups in total. The maximum atomic E-state index is 11.8. The van der Waals surface area contributed by atoms with Crippen molar-refractivity contribution in [2.75, 3.05) is 6.54 Å². The van der Waals surface area contributed by atoms with Gasteiger partial charge >= 0.3 is 5.97 Å². The number of nitrogens with zero attached hydrogens (tertiary/aromatic N) is 1. The lowest BCUT2D eigenvalue weighted by atomic mass is 9.76. The highest BCUT2D eigenvalue weighted by molar-refractivity contribution is 5.74. The molecule has 1 saturated heterocycles. The lowest BCUT2D eigenvalue weighted by Crippen LogP contribution is -2.50. The molecule has 1 heterocycles. The standard InChI is InChI=1S/C17H29NO2/c1-11(2)13-7-3-4-9-15(13)18-10-12-6-5-8-14(12)16(18)17(19)20/h11-16H,3-10H2,1-2H3,(H,19,20). The molecule has 0 aromatic rings. The number of likely N-dealkylation sites (tertiary alicyclic amines) is 1. The zero-order valence-corrected chi connectivity index (χ0v) is 12.9. The highest BCUT2D eigenvalue weighted by atomic mass is 16.4. The van der Waals surface area contributed by atoms with Crippen LogP contribution in [0.1, 0.15) is 58.8 Å². The lowest BCUT2D eigenvalue weighted by Gasteiger charge is -2.42. The van der Waals surface area contributed by atoms with Crippen molar-refractivity contribution in [2.24, 2.45) is 23.7 Å². The van der Waals surface area contributed by atoms with Crippen LogP contribution in [0.3, 0.4) is 0 Å². The first-order valence-electron chi connectivity index (χ1n) is 8.58. The number of hydrogen-bond donors (Lipinski definition) is 1. The van der Waals surface area contributed by atoms with Crippen molar-refractivity contribution in [1.82, 2.24) is 4.90 Å². The van der Waals surface area contributed by atoms with E-state index in [4.69, 9.17) is 0 Å². The minimum absolute atomic E-state index is 0.188. The highest BCUT2D eigenvalue weighted by Crippen LogP contribution is 2.46. The van der Waals surface area contributed by atoms with Crippen LogP contribution in [0, 0.1) is 23.7 Å². The van der Waals surface area contributed by atoms with Crippen molar-refractivity contribution in [3.63, 3.8) is 0 Å². The zero-order chi connectivity index (χ0) is 14.3. The van der Waals surface area contributed by atoms with Gasteiger partial charge in [0.15, 0.2) is 0 Å². The van der Waals surface area contributed by atoms with Gasteiger partial charge in [-0.3, -0.25) is 9.69 Å². The Morgan fingerprint density at radius 1 is 1.10 bits per heavy atom. The Balaban J connectivity index is 1.82. The molecule has 2 aliphatic carbocycles. The fraction of sp³-hybridized carbons (Fsp3) is 0.941. The summed E-state index contributed by atoms with van der Waals surface area (Å²) in [6.07, 6.45) is 8.75. The van der Waals surface area contributed by atoms with Gasteiger partial charge in [-0.2, -0.15) is 0 Å². The summed E-state index contributed by atoms with van der Waals surface area (Å²) >= 11 is 0. The van der Waals surface area contributed by atoms with Gasteiger partial charge in [-0.15, -0.1) is 0 Å². The normalized spacial score (nSPS) is 42.0. The molecule has 5 unspecified atom stereocenters. The van der Waals surface area contributed by atoms with E-state index < -0.39 is 5.97 Å². The van der Waals surface area contributed by atoms with Crippen LogP contribution in [0.25, 0.3) is 0 Å². The molecule has 0 radical (unpaired) electrons. The summed E-state index contributed by atoms with van der Waals surface area (Å²) in [6.45, 7) is 5.68. The highest BCUT2D eigenvalue weighted by Gasteiger charge is 2.51. The van der Waals surface area contributed by atoms with E-state index in [1.165, 1.54) is 38.5 Å². The van der Waals surface area contributed by atoms with Crippen LogP contribution < -0.4 is 0 Å². The van der Waals surface area contributed by atoms with Crippen LogP contribution in [0.5, 0.6) is 0 Å². The molecule has 1 aliphatic heterocycles. The molecule has 3 nitrogen and oxygen atoms in total. The largest absolute Gasteiger partial charge is 0.480 e. The van der Waals surface area contributed by atoms with Gasteiger partial charge < -0.3 is 5.11 Å². The van der Waals surface area contributed by atoms with Crippen LogP contribution in [0.2, 0.25) is 0 Å². The summed E-state index contributed by atoms with van der Waals surface area (Å²) in [4.78, 5) is 14.2. The number of rotatable bonds is 3. The van der Waals surface area contributed by atoms with Crippen molar-refractivity contribution in [3.05, 3.63) is 0 Å². The van der Waals surface area contributed by atoms with E-state index in [1.54, 1.807) is 0 Å². The summed E-state index contributed by atoms with van der Waals surface area (Å²) in [5, 5.41) is 9.74. The SMILES string of the molecule is CC(C)C1CCCCC1N1CC2CCCC2C1C(=O)O. The second-order valence-electron chi connectivity index (χ2n) is 7.59. The second kappa shape index (κ2) is 5.67. The number of hydrogen-bond acceptors (Lipinski definition) is 2. The monoisotopic (exact) mass is 279 g/mol. The van der Waals surface area contributed by atoms with Crippen LogP contribution in [-0.4, -0.2) is 34.6 Å². The van der Waals surface area contributed by atoms with Crippen LogP contribution in [0.4, 0.5) is 0 Å². The van der Waals surface area contributed by atoms with Gasteiger partial charge in [-0.1, -0.05) is 33.1 Å². The smallest absolute Gasteiger partial charge is 0.321 e. The molecular weight excluding hydrogens is 250 g/mol. The predicted octanol–water partition coefficient (Wildman–Crippen LogP) is 3.39. The van der Waals surface area contributed by atoms with Gasteiger partial charge in [0.2, 0.25) is 0 Å². The van der Waals surface area contributed by atoms with Gasteiger partial charge in [-0.05, 0) is 49.4 Å². The van der Waals surface area contributed by atoms with Gasteiger partial charge in [0.05, 0.1) is 0 Å². The molecule has 3 heteroatoms. The Kier molecular flexibility index (Phi) is 4.07. The fourth-order valence-corrected chi connectivity index (χ4v) is 5.33. The molecule has 20 heavy (non-hydrogen) atoms. The van der Waals surface area contributed by atoms with E-state index >= 15 is 0 Å². The topological polar surface area (TPSA) is 40.5 Å². The number of carboxylic acid groups (broad SMARTS) is 1. The fourth-order valence-electron chi connectivity index (χ4n) is 5.33. The third kappa shape index (κ3) is 2.38. The Hall–Kier alpha value is -0.570. The first-order chi connectivity index (χ1) is 9.59. The number of carboxylic acids is 1. The van der Waals surface area contributed by atoms with E-state index in [1.807, 2.05) is 0 Å². The van der Waals surface area contributed by atoms with Crippen molar-refractivity contribution in [1.29, 1.82) is 0 Å². The lowest BCUT2D eigenvalue weighted by molar-refractivity contribution is -0.145. The van der Waals surface area contributed by atoms with Gasteiger partial charge in [-0.25, -0.2) is 0 Å². The van der Waals surface area contributed by atoms with E-state index in [2.05, 4.69) is 18.7 Å². The van der Waals surface area contributed by atoms with Crippen molar-refractivity contribution < 1.29 is 9.90 Å². The third-order valence-electron chi connectivity index (χ3n) is 6.24. The number of fused-ring (bicyclic) bond motifs is 1. The van der Waals surface area contributed by atoms with Gasteiger partial charge in [0.25, 0.3) is 0 Å². The summed E-state index contributed by atoms with van der Waals surface area (Å²) in [6, 6.07) is 0.335. The van der Waals surface area contributed by atoms with Gasteiger partial charge in [0.1, 0.15) is 6.04 Å². The molecule has 114 valence electrons. The molecule has 3 rings (SSSR count). The molecule has 0 aromatic carbocycles. The summed E-state index contributed by atoms with van der Waals surface area (Å²) in [5.74, 6) is 1.90. The quantitative estimate of drug-likeness (QED) is 0.861. The van der Waals surface area contributed by atoms with E-state index in [-0.39, 0.29) is 6.04 Å². The Labute approximate surface area is 122 Å². The minimum atomic E-state index is -0.563. The molecule has 3 aliphatic rings. The Bertz CT molecular complexity index is 368. The van der Waals surface area contributed by atoms with Gasteiger partial charge in [0, 0.05) is 12.6 Å². The molecule has 2 saturated carbocycles. The summed E-state index contributed by atoms with van der Waals surface area (Å²) in [5.41, 5.74) is 0. The van der Waals surface area contributed by atoms with Crippen LogP contribution in [-0.2, 0) is 4.79 Å². The van der Waals surface area contributed by atoms with Crippen LogP contribution in [0.15, 0.2) is 0 Å². The molecule has 0 aromatic heterocycles. The van der Waals surface area contributed by atoms with Crippen LogP contribution >= 0.6 is 0 Å². The zero-order valence-electron chi connectivity index (χ0n) is 12.9. The summed E-state index contributed by atoms with van der Waals surface area (Å²) < 4.78 is 0. The average Bonchev–Trinajstić information content (AvgIpc) is 2.97. The maximum absolute atomic E-state index is 11.8. The molecule has 5 atom stereocenters. The molecule has 3 fully saturated rings. The Morgan fingerprint density at radius 3 is 2.55 bits per heavy atom. The molecule has 0 bridgehead atoms. The second-order valence-corrected chi connectivity index (χ2v) is 7.59. The predicted molar refractivity (Wildman–Crippen MR) is 79.5 cm³/mol. The first-order valence-corrected chi connectivity index (χ1v) is 8.58.